The SMILES string of the molecule is COC1C=CC=C(C)C(=O)NC2=CC(=O)C(NCC(O)CN)=C(CC(C)CC(OC)C(O)C(C)C=C(C)C1OC(N)=O)C2=O. The number of nitrogens with two attached hydrogens (primary N) is 2. The monoisotopic (exact) mass is 618 g/mol. The maximum absolute atomic E-state index is 13.6. The van der Waals surface area contributed by atoms with Crippen LogP contribution in [0.3, 0.4) is 0 Å². The van der Waals surface area contributed by atoms with Crippen LogP contribution in [0.2, 0.25) is 0 Å². The van der Waals surface area contributed by atoms with Gasteiger partial charge in [0.2, 0.25) is 11.6 Å². The molecule has 0 fully saturated rings. The van der Waals surface area contributed by atoms with Crippen molar-refractivity contribution in [2.45, 2.75) is 71.1 Å². The summed E-state index contributed by atoms with van der Waals surface area (Å²) in [7, 11) is 2.88. The lowest BCUT2D eigenvalue weighted by atomic mass is 9.85. The Balaban J connectivity index is 2.62. The molecule has 0 spiro atoms. The van der Waals surface area contributed by atoms with Crippen molar-refractivity contribution < 1.29 is 43.6 Å². The first kappa shape index (κ1) is 36.6. The summed E-state index contributed by atoms with van der Waals surface area (Å²) in [4.78, 5) is 51.5. The van der Waals surface area contributed by atoms with Crippen molar-refractivity contribution in [2.75, 3.05) is 27.3 Å². The highest BCUT2D eigenvalue weighted by Gasteiger charge is 2.33. The first-order valence-electron chi connectivity index (χ1n) is 14.4. The minimum atomic E-state index is -1.02. The molecule has 1 heterocycles. The predicted octanol–water partition coefficient (Wildman–Crippen LogP) is 0.671. The Morgan fingerprint density at radius 1 is 1.18 bits per heavy atom. The Labute approximate surface area is 258 Å². The summed E-state index contributed by atoms with van der Waals surface area (Å²) in [6.07, 6.45) is 2.39. The second-order valence-corrected chi connectivity index (χ2v) is 11.2. The molecule has 2 rings (SSSR count). The van der Waals surface area contributed by atoms with Gasteiger partial charge >= 0.3 is 6.09 Å². The van der Waals surface area contributed by atoms with Crippen LogP contribution in [0.5, 0.6) is 0 Å². The van der Waals surface area contributed by atoms with Crippen LogP contribution in [0, 0.1) is 11.8 Å². The first-order chi connectivity index (χ1) is 20.7. The molecular weight excluding hydrogens is 572 g/mol. The number of allylic oxidation sites excluding steroid dienone is 4. The second kappa shape index (κ2) is 17.0. The molecule has 1 aliphatic carbocycles. The maximum Gasteiger partial charge on any atom is 0.405 e. The molecule has 244 valence electrons. The number of fused-ring (bicyclic) bond motifs is 2. The van der Waals surface area contributed by atoms with Crippen molar-refractivity contribution in [3.8, 4) is 0 Å². The van der Waals surface area contributed by atoms with E-state index >= 15 is 0 Å². The van der Waals surface area contributed by atoms with Gasteiger partial charge in [-0.1, -0.05) is 38.2 Å². The van der Waals surface area contributed by atoms with Crippen molar-refractivity contribution in [3.63, 3.8) is 0 Å². The minimum Gasteiger partial charge on any atom is -0.439 e. The van der Waals surface area contributed by atoms with Gasteiger partial charge in [0.25, 0.3) is 5.91 Å². The zero-order valence-electron chi connectivity index (χ0n) is 26.2. The van der Waals surface area contributed by atoms with E-state index in [2.05, 4.69) is 10.6 Å². The van der Waals surface area contributed by atoms with Crippen molar-refractivity contribution >= 4 is 23.6 Å². The number of nitrogens with one attached hydrogen (secondary N) is 2. The smallest absolute Gasteiger partial charge is 0.405 e. The molecular formula is C31H46N4O9. The Hall–Kier alpha value is -3.62. The third kappa shape index (κ3) is 9.96. The van der Waals surface area contributed by atoms with Crippen LogP contribution in [-0.4, -0.2) is 91.6 Å². The van der Waals surface area contributed by atoms with Gasteiger partial charge in [0.15, 0.2) is 6.10 Å². The molecule has 8 N–H and O–H groups in total. The number of amides is 2. The second-order valence-electron chi connectivity index (χ2n) is 11.2. The average Bonchev–Trinajstić information content (AvgIpc) is 2.97. The topological polar surface area (TPSA) is 213 Å². The normalized spacial score (nSPS) is 28.5. The maximum atomic E-state index is 13.6. The van der Waals surface area contributed by atoms with Crippen molar-refractivity contribution in [2.24, 2.45) is 23.3 Å². The molecule has 0 radical (unpaired) electrons. The lowest BCUT2D eigenvalue weighted by Gasteiger charge is -2.30. The Morgan fingerprint density at radius 3 is 2.45 bits per heavy atom. The zero-order chi connectivity index (χ0) is 33.1. The summed E-state index contributed by atoms with van der Waals surface area (Å²) < 4.78 is 16.5. The van der Waals surface area contributed by atoms with E-state index in [1.807, 2.05) is 6.92 Å². The fraction of sp³-hybridized carbons (Fsp3) is 0.548. The van der Waals surface area contributed by atoms with E-state index in [1.165, 1.54) is 33.3 Å². The van der Waals surface area contributed by atoms with Gasteiger partial charge in [-0.05, 0) is 38.2 Å². The number of methoxy groups -OCH3 is 2. The predicted molar refractivity (Wildman–Crippen MR) is 163 cm³/mol. The highest BCUT2D eigenvalue weighted by atomic mass is 16.6. The van der Waals surface area contributed by atoms with E-state index in [4.69, 9.17) is 25.7 Å². The largest absolute Gasteiger partial charge is 0.439 e. The molecule has 13 nitrogen and oxygen atoms in total. The number of ether oxygens (including phenoxy) is 3. The van der Waals surface area contributed by atoms with Crippen LogP contribution < -0.4 is 22.1 Å². The van der Waals surface area contributed by atoms with Gasteiger partial charge in [0, 0.05) is 50.4 Å². The van der Waals surface area contributed by atoms with E-state index in [1.54, 1.807) is 26.0 Å². The number of rotatable bonds is 7. The van der Waals surface area contributed by atoms with Crippen molar-refractivity contribution in [1.29, 1.82) is 0 Å². The van der Waals surface area contributed by atoms with Crippen molar-refractivity contribution in [3.05, 3.63) is 58.5 Å². The Morgan fingerprint density at radius 2 is 1.86 bits per heavy atom. The van der Waals surface area contributed by atoms with Gasteiger partial charge in [0.05, 0.1) is 29.7 Å². The number of hydrogen-bond acceptors (Lipinski definition) is 11. The Kier molecular flexibility index (Phi) is 14.1. The van der Waals surface area contributed by atoms with E-state index < -0.39 is 60.0 Å². The minimum absolute atomic E-state index is 0.0148. The Bertz CT molecular complexity index is 1240. The van der Waals surface area contributed by atoms with E-state index in [9.17, 15) is 29.4 Å². The lowest BCUT2D eigenvalue weighted by Crippen LogP contribution is -2.39. The molecule has 0 saturated carbocycles. The van der Waals surface area contributed by atoms with Gasteiger partial charge in [-0.25, -0.2) is 4.79 Å². The van der Waals surface area contributed by atoms with Gasteiger partial charge < -0.3 is 46.5 Å². The standard InChI is InChI=1S/C31H46N4O9/c1-16-10-21-26(34-15-20(36)14-32)23(37)13-22(28(21)39)35-30(40)17(2)8-7-9-24(42-5)29(44-31(33)41)19(4)12-18(3)27(38)25(11-16)43-6/h7-9,12-13,16,18,20,24-25,27,29,34,36,38H,10-11,14-15,32H2,1-6H3,(H2,33,41)(H,35,40). The number of Topliss-reactive ketones (excluding diaryl/α,β-unsaturated/α-hetero) is 1. The molecule has 0 saturated heterocycles. The van der Waals surface area contributed by atoms with Crippen molar-refractivity contribution in [1.82, 2.24) is 10.6 Å². The van der Waals surface area contributed by atoms with Crippen LogP contribution in [0.15, 0.2) is 58.5 Å². The van der Waals surface area contributed by atoms with Crippen LogP contribution in [0.25, 0.3) is 0 Å². The number of primary amides is 1. The fourth-order valence-electron chi connectivity index (χ4n) is 5.08. The molecule has 2 aliphatic rings. The van der Waals surface area contributed by atoms with E-state index in [-0.39, 0.29) is 48.0 Å². The highest BCUT2D eigenvalue weighted by molar-refractivity contribution is 6.23. The van der Waals surface area contributed by atoms with Gasteiger partial charge in [0.1, 0.15) is 6.10 Å². The summed E-state index contributed by atoms with van der Waals surface area (Å²) in [5.41, 5.74) is 11.6. The van der Waals surface area contributed by atoms with Crippen LogP contribution in [0.1, 0.15) is 40.5 Å². The molecule has 2 bridgehead atoms. The number of carbonyl (C=O) groups is 4. The summed E-state index contributed by atoms with van der Waals surface area (Å²) >= 11 is 0. The zero-order valence-corrected chi connectivity index (χ0v) is 26.2. The average molecular weight is 619 g/mol. The lowest BCUT2D eigenvalue weighted by molar-refractivity contribution is -0.120. The summed E-state index contributed by atoms with van der Waals surface area (Å²) in [6, 6.07) is 0. The molecule has 2 amide bonds. The fourth-order valence-corrected chi connectivity index (χ4v) is 5.08. The molecule has 7 atom stereocenters. The number of aliphatic hydroxyl groups excluding tert-OH is 2. The molecule has 0 aromatic heterocycles. The highest BCUT2D eigenvalue weighted by Crippen LogP contribution is 2.28. The first-order valence-corrected chi connectivity index (χ1v) is 14.4. The molecule has 0 aromatic carbocycles. The van der Waals surface area contributed by atoms with Gasteiger partial charge in [-0.2, -0.15) is 0 Å². The molecule has 0 aromatic rings. The molecule has 7 unspecified atom stereocenters. The summed E-state index contributed by atoms with van der Waals surface area (Å²) in [5.74, 6) is -2.46. The van der Waals surface area contributed by atoms with Crippen LogP contribution >= 0.6 is 0 Å². The van der Waals surface area contributed by atoms with Gasteiger partial charge in [-0.3, -0.25) is 14.4 Å². The third-order valence-electron chi connectivity index (χ3n) is 7.58. The molecule has 44 heavy (non-hydrogen) atoms. The van der Waals surface area contributed by atoms with Crippen LogP contribution in [0.4, 0.5) is 4.79 Å². The van der Waals surface area contributed by atoms with Crippen LogP contribution in [-0.2, 0) is 28.6 Å². The van der Waals surface area contributed by atoms with E-state index in [0.29, 0.717) is 12.0 Å². The number of ketones is 2. The third-order valence-corrected chi connectivity index (χ3v) is 7.58. The number of hydrogen-bond donors (Lipinski definition) is 6. The van der Waals surface area contributed by atoms with Gasteiger partial charge in [-0.15, -0.1) is 0 Å². The summed E-state index contributed by atoms with van der Waals surface area (Å²) in [5, 5.41) is 26.6. The van der Waals surface area contributed by atoms with E-state index in [0.717, 1.165) is 6.08 Å². The quantitative estimate of drug-likeness (QED) is 0.172. The number of carbonyl (C=O) groups excluding carboxylic acids is 4. The number of aliphatic hydroxyl groups is 2. The summed E-state index contributed by atoms with van der Waals surface area (Å²) in [6.45, 7) is 6.76. The molecule has 1 aliphatic heterocycles. The molecule has 13 heteroatoms.